The molecular weight excluding hydrogens is 422 g/mol. The van der Waals surface area contributed by atoms with E-state index in [0.717, 1.165) is 16.7 Å². The molecule has 1 N–H and O–H groups in total. The topological polar surface area (TPSA) is 92.1 Å². The van der Waals surface area contributed by atoms with Crippen LogP contribution in [0.15, 0.2) is 96.0 Å². The largest absolute Gasteiger partial charge is 0.455 e. The predicted molar refractivity (Wildman–Crippen MR) is 123 cm³/mol. The highest BCUT2D eigenvalue weighted by molar-refractivity contribution is 7.92. The van der Waals surface area contributed by atoms with Gasteiger partial charge in [-0.15, -0.1) is 0 Å². The normalized spacial score (nSPS) is 10.9. The summed E-state index contributed by atoms with van der Waals surface area (Å²) in [6.07, 6.45) is 1.57. The van der Waals surface area contributed by atoms with Crippen LogP contribution in [0.3, 0.4) is 0 Å². The Hall–Kier alpha value is -4.15. The second-order valence-electron chi connectivity index (χ2n) is 7.06. The number of anilines is 1. The minimum absolute atomic E-state index is 0.0554. The molecule has 0 saturated heterocycles. The van der Waals surface area contributed by atoms with E-state index in [2.05, 4.69) is 9.71 Å². The summed E-state index contributed by atoms with van der Waals surface area (Å²) in [7, 11) is -3.92. The van der Waals surface area contributed by atoms with E-state index < -0.39 is 10.0 Å². The van der Waals surface area contributed by atoms with E-state index in [0.29, 0.717) is 5.75 Å². The second-order valence-corrected chi connectivity index (χ2v) is 8.74. The molecule has 4 aromatic rings. The maximum Gasteiger partial charge on any atom is 0.263 e. The molecule has 0 radical (unpaired) electrons. The van der Waals surface area contributed by atoms with E-state index in [9.17, 15) is 13.7 Å². The van der Waals surface area contributed by atoms with Gasteiger partial charge in [0.15, 0.2) is 0 Å². The average molecular weight is 442 g/mol. The zero-order chi connectivity index (χ0) is 22.6. The van der Waals surface area contributed by atoms with Crippen LogP contribution in [0.2, 0.25) is 0 Å². The number of ether oxygens (including phenoxy) is 1. The Morgan fingerprint density at radius 2 is 1.66 bits per heavy atom. The first-order valence-electron chi connectivity index (χ1n) is 9.78. The number of nitrogens with one attached hydrogen (secondary N) is 1. The van der Waals surface area contributed by atoms with Crippen molar-refractivity contribution >= 4 is 15.8 Å². The molecule has 6 nitrogen and oxygen atoms in total. The average Bonchev–Trinajstić information content (AvgIpc) is 2.81. The fraction of sp³-hybridized carbons (Fsp3) is 0.0400. The van der Waals surface area contributed by atoms with E-state index in [1.165, 1.54) is 18.2 Å². The third-order valence-electron chi connectivity index (χ3n) is 4.72. The van der Waals surface area contributed by atoms with Gasteiger partial charge in [0, 0.05) is 11.8 Å². The van der Waals surface area contributed by atoms with Gasteiger partial charge in [-0.3, -0.25) is 4.72 Å². The van der Waals surface area contributed by atoms with E-state index in [-0.39, 0.29) is 22.0 Å². The van der Waals surface area contributed by atoms with Crippen LogP contribution in [0.4, 0.5) is 5.82 Å². The van der Waals surface area contributed by atoms with Crippen molar-refractivity contribution in [2.75, 3.05) is 4.72 Å². The van der Waals surface area contributed by atoms with E-state index >= 15 is 0 Å². The fourth-order valence-corrected chi connectivity index (χ4v) is 4.14. The van der Waals surface area contributed by atoms with Gasteiger partial charge in [-0.05, 0) is 48.4 Å². The summed E-state index contributed by atoms with van der Waals surface area (Å²) in [6.45, 7) is 1.86. The van der Waals surface area contributed by atoms with Crippen molar-refractivity contribution < 1.29 is 13.2 Å². The lowest BCUT2D eigenvalue weighted by Gasteiger charge is -2.13. The third kappa shape index (κ3) is 4.61. The van der Waals surface area contributed by atoms with Gasteiger partial charge in [0.2, 0.25) is 0 Å². The summed E-state index contributed by atoms with van der Waals surface area (Å²) >= 11 is 0. The van der Waals surface area contributed by atoms with Gasteiger partial charge in [-0.1, -0.05) is 54.6 Å². The Kier molecular flexibility index (Phi) is 5.88. The molecule has 158 valence electrons. The molecule has 0 spiro atoms. The smallest absolute Gasteiger partial charge is 0.263 e. The molecule has 0 amide bonds. The Balaban J connectivity index is 1.64. The molecule has 7 heteroatoms. The first-order chi connectivity index (χ1) is 15.5. The van der Waals surface area contributed by atoms with Gasteiger partial charge in [0.1, 0.15) is 23.4 Å². The highest BCUT2D eigenvalue weighted by Crippen LogP contribution is 2.35. The number of aryl methyl sites for hydroxylation is 1. The van der Waals surface area contributed by atoms with Gasteiger partial charge in [-0.2, -0.15) is 5.26 Å². The Bertz CT molecular complexity index is 1390. The fourth-order valence-electron chi connectivity index (χ4n) is 3.11. The van der Waals surface area contributed by atoms with Gasteiger partial charge < -0.3 is 4.74 Å². The summed E-state index contributed by atoms with van der Waals surface area (Å²) in [4.78, 5) is 4.01. The van der Waals surface area contributed by atoms with Crippen LogP contribution in [-0.2, 0) is 10.0 Å². The first kappa shape index (κ1) is 21.1. The van der Waals surface area contributed by atoms with Gasteiger partial charge in [-0.25, -0.2) is 13.4 Å². The van der Waals surface area contributed by atoms with Gasteiger partial charge >= 0.3 is 0 Å². The van der Waals surface area contributed by atoms with E-state index in [4.69, 9.17) is 4.74 Å². The third-order valence-corrected chi connectivity index (χ3v) is 6.08. The molecule has 3 aromatic carbocycles. The van der Waals surface area contributed by atoms with Gasteiger partial charge in [0.25, 0.3) is 10.0 Å². The lowest BCUT2D eigenvalue weighted by molar-refractivity contribution is 0.482. The number of hydrogen-bond donors (Lipinski definition) is 1. The summed E-state index contributed by atoms with van der Waals surface area (Å²) in [5.41, 5.74) is 2.85. The Labute approximate surface area is 186 Å². The Morgan fingerprint density at radius 3 is 2.38 bits per heavy atom. The molecule has 0 saturated carbocycles. The number of nitrogens with zero attached hydrogens (tertiary/aromatic N) is 2. The van der Waals surface area contributed by atoms with Crippen LogP contribution < -0.4 is 9.46 Å². The highest BCUT2D eigenvalue weighted by atomic mass is 32.2. The minimum Gasteiger partial charge on any atom is -0.455 e. The molecule has 0 unspecified atom stereocenters. The quantitative estimate of drug-likeness (QED) is 0.425. The number of sulfonamides is 1. The molecule has 0 aliphatic rings. The number of para-hydroxylation sites is 1. The maximum absolute atomic E-state index is 12.8. The summed E-state index contributed by atoms with van der Waals surface area (Å²) < 4.78 is 34.0. The molecule has 0 bridgehead atoms. The van der Waals surface area contributed by atoms with Crippen LogP contribution in [0.1, 0.15) is 11.1 Å². The molecule has 32 heavy (non-hydrogen) atoms. The lowest BCUT2D eigenvalue weighted by Crippen LogP contribution is -2.14. The van der Waals surface area contributed by atoms with Crippen molar-refractivity contribution in [3.8, 4) is 28.7 Å². The number of aromatic nitrogens is 1. The van der Waals surface area contributed by atoms with Gasteiger partial charge in [0.05, 0.1) is 10.5 Å². The van der Waals surface area contributed by atoms with E-state index in [1.54, 1.807) is 24.4 Å². The number of hydrogen-bond acceptors (Lipinski definition) is 5. The number of benzene rings is 3. The van der Waals surface area contributed by atoms with Crippen LogP contribution in [-0.4, -0.2) is 13.4 Å². The molecule has 0 aliphatic carbocycles. The number of rotatable bonds is 6. The van der Waals surface area contributed by atoms with Crippen LogP contribution in [0.25, 0.3) is 11.1 Å². The molecule has 1 heterocycles. The summed E-state index contributed by atoms with van der Waals surface area (Å²) in [5.74, 6) is 1.03. The maximum atomic E-state index is 12.8. The predicted octanol–water partition coefficient (Wildman–Crippen LogP) is 5.52. The lowest BCUT2D eigenvalue weighted by atomic mass is 10.0. The summed E-state index contributed by atoms with van der Waals surface area (Å²) in [6, 6.07) is 26.7. The molecular formula is C25H19N3O3S. The van der Waals surface area contributed by atoms with Crippen molar-refractivity contribution in [1.29, 1.82) is 5.26 Å². The monoisotopic (exact) mass is 441 g/mol. The van der Waals surface area contributed by atoms with Crippen molar-refractivity contribution in [2.24, 2.45) is 0 Å². The molecule has 1 aromatic heterocycles. The minimum atomic E-state index is -3.92. The van der Waals surface area contributed by atoms with Crippen molar-refractivity contribution in [3.63, 3.8) is 0 Å². The number of pyridine rings is 1. The van der Waals surface area contributed by atoms with Crippen molar-refractivity contribution in [1.82, 2.24) is 4.98 Å². The molecule has 0 fully saturated rings. The molecule has 0 aliphatic heterocycles. The zero-order valence-corrected chi connectivity index (χ0v) is 18.0. The molecule has 4 rings (SSSR count). The van der Waals surface area contributed by atoms with Crippen LogP contribution >= 0.6 is 0 Å². The SMILES string of the molecule is Cc1ccc(NS(=O)(=O)c2ccc(Oc3ccccc3-c3ccccc3)c(C#N)c2)nc1. The summed E-state index contributed by atoms with van der Waals surface area (Å²) in [5, 5.41) is 9.64. The Morgan fingerprint density at radius 1 is 0.906 bits per heavy atom. The highest BCUT2D eigenvalue weighted by Gasteiger charge is 2.18. The van der Waals surface area contributed by atoms with Crippen molar-refractivity contribution in [3.05, 3.63) is 102 Å². The molecule has 0 atom stereocenters. The second kappa shape index (κ2) is 8.92. The first-order valence-corrected chi connectivity index (χ1v) is 11.3. The van der Waals surface area contributed by atoms with Crippen LogP contribution in [0, 0.1) is 18.3 Å². The van der Waals surface area contributed by atoms with Crippen LogP contribution in [0.5, 0.6) is 11.5 Å². The zero-order valence-electron chi connectivity index (χ0n) is 17.2. The van der Waals surface area contributed by atoms with Crippen molar-refractivity contribution in [2.45, 2.75) is 11.8 Å². The van der Waals surface area contributed by atoms with E-state index in [1.807, 2.05) is 61.5 Å². The number of nitriles is 1. The standard InChI is InChI=1S/C25H19N3O3S/c1-18-11-14-25(27-17-18)28-32(29,30)21-12-13-23(20(15-21)16-26)31-24-10-6-5-9-22(24)19-7-3-2-4-8-19/h2-15,17H,1H3,(H,27,28).